The molecule has 5 aromatic rings. The quantitative estimate of drug-likeness (QED) is 0.0894. The van der Waals surface area contributed by atoms with Crippen molar-refractivity contribution >= 4 is 21.8 Å². The third-order valence-corrected chi connectivity index (χ3v) is 9.58. The van der Waals surface area contributed by atoms with Gasteiger partial charge in [-0.15, -0.1) is 5.10 Å². The maximum absolute atomic E-state index is 13.6. The van der Waals surface area contributed by atoms with Gasteiger partial charge in [0, 0.05) is 6.42 Å². The molecule has 9 nitrogen and oxygen atoms in total. The number of rotatable bonds is 14. The highest BCUT2D eigenvalue weighted by Gasteiger charge is 2.23. The number of aryl methyl sites for hydroxylation is 1. The van der Waals surface area contributed by atoms with Crippen LogP contribution in [-0.4, -0.2) is 49.3 Å². The van der Waals surface area contributed by atoms with Crippen LogP contribution in [0, 0.1) is 0 Å². The number of ether oxygens (including phenoxy) is 2. The fourth-order valence-corrected chi connectivity index (χ4v) is 6.62. The molecule has 0 aliphatic rings. The molecule has 0 N–H and O–H groups in total. The molecule has 0 spiro atoms. The molecule has 0 saturated heterocycles. The van der Waals surface area contributed by atoms with E-state index in [9.17, 15) is 18.0 Å². The Labute approximate surface area is 281 Å². The van der Waals surface area contributed by atoms with Crippen LogP contribution in [0.15, 0.2) is 102 Å². The van der Waals surface area contributed by atoms with E-state index in [2.05, 4.69) is 17.0 Å². The Balaban J connectivity index is 1.31. The SMILES string of the molecule is CCCCCCc1nc(S(=O)(=O)Cc2ccc(-c3ccc(C(=O)OC)cc3)cc2)nn1Cc1ccc(-c2ccc(C(=O)OC)cc2)cc1. The summed E-state index contributed by atoms with van der Waals surface area (Å²) in [6.45, 7) is 2.54. The van der Waals surface area contributed by atoms with Crippen molar-refractivity contribution in [2.45, 2.75) is 56.5 Å². The summed E-state index contributed by atoms with van der Waals surface area (Å²) in [4.78, 5) is 28.1. The maximum Gasteiger partial charge on any atom is 0.337 e. The molecule has 0 radical (unpaired) electrons. The first-order valence-electron chi connectivity index (χ1n) is 15.9. The van der Waals surface area contributed by atoms with Gasteiger partial charge in [-0.3, -0.25) is 0 Å². The van der Waals surface area contributed by atoms with Crippen LogP contribution in [0.5, 0.6) is 0 Å². The van der Waals surface area contributed by atoms with Crippen LogP contribution in [0.3, 0.4) is 0 Å². The third-order valence-electron chi connectivity index (χ3n) is 8.14. The molecule has 10 heteroatoms. The van der Waals surface area contributed by atoms with Crippen molar-refractivity contribution in [3.05, 3.63) is 125 Å². The monoisotopic (exact) mass is 665 g/mol. The fraction of sp³-hybridized carbons (Fsp3) is 0.263. The van der Waals surface area contributed by atoms with Gasteiger partial charge in [0.1, 0.15) is 5.82 Å². The lowest BCUT2D eigenvalue weighted by molar-refractivity contribution is 0.0592. The van der Waals surface area contributed by atoms with Crippen molar-refractivity contribution in [3.8, 4) is 22.3 Å². The van der Waals surface area contributed by atoms with Crippen LogP contribution >= 0.6 is 0 Å². The minimum Gasteiger partial charge on any atom is -0.465 e. The smallest absolute Gasteiger partial charge is 0.337 e. The lowest BCUT2D eigenvalue weighted by Gasteiger charge is -2.08. The molecule has 1 heterocycles. The molecule has 0 unspecified atom stereocenters. The summed E-state index contributed by atoms with van der Waals surface area (Å²) in [7, 11) is -1.12. The summed E-state index contributed by atoms with van der Waals surface area (Å²) in [6.07, 6.45) is 4.77. The third kappa shape index (κ3) is 8.43. The van der Waals surface area contributed by atoms with E-state index in [-0.39, 0.29) is 16.9 Å². The summed E-state index contributed by atoms with van der Waals surface area (Å²) in [5.41, 5.74) is 6.28. The highest BCUT2D eigenvalue weighted by molar-refractivity contribution is 7.90. The van der Waals surface area contributed by atoms with Gasteiger partial charge in [0.05, 0.1) is 37.6 Å². The van der Waals surface area contributed by atoms with E-state index in [1.165, 1.54) is 14.2 Å². The highest BCUT2D eigenvalue weighted by atomic mass is 32.2. The van der Waals surface area contributed by atoms with E-state index < -0.39 is 15.8 Å². The Hall–Kier alpha value is -5.09. The highest BCUT2D eigenvalue weighted by Crippen LogP contribution is 2.24. The molecule has 48 heavy (non-hydrogen) atoms. The van der Waals surface area contributed by atoms with Crippen molar-refractivity contribution in [1.29, 1.82) is 0 Å². The molecule has 0 saturated carbocycles. The van der Waals surface area contributed by atoms with Crippen LogP contribution in [0.4, 0.5) is 0 Å². The number of carbonyl (C=O) groups is 2. The van der Waals surface area contributed by atoms with E-state index in [0.717, 1.165) is 53.5 Å². The lowest BCUT2D eigenvalue weighted by Crippen LogP contribution is -2.09. The van der Waals surface area contributed by atoms with Crippen molar-refractivity contribution in [1.82, 2.24) is 14.8 Å². The molecule has 0 atom stereocenters. The zero-order valence-corrected chi connectivity index (χ0v) is 28.2. The number of esters is 2. The van der Waals surface area contributed by atoms with E-state index in [1.54, 1.807) is 41.1 Å². The molecule has 0 amide bonds. The normalized spacial score (nSPS) is 11.3. The second-order valence-electron chi connectivity index (χ2n) is 11.6. The fourth-order valence-electron chi connectivity index (χ4n) is 5.39. The van der Waals surface area contributed by atoms with Crippen LogP contribution in [0.25, 0.3) is 22.3 Å². The lowest BCUT2D eigenvalue weighted by atomic mass is 10.0. The second-order valence-corrected chi connectivity index (χ2v) is 13.5. The Morgan fingerprint density at radius 3 is 1.56 bits per heavy atom. The van der Waals surface area contributed by atoms with E-state index >= 15 is 0 Å². The largest absolute Gasteiger partial charge is 0.465 e. The van der Waals surface area contributed by atoms with Crippen molar-refractivity contribution in [3.63, 3.8) is 0 Å². The minimum absolute atomic E-state index is 0.169. The Morgan fingerprint density at radius 1 is 0.646 bits per heavy atom. The van der Waals surface area contributed by atoms with Gasteiger partial charge in [-0.2, -0.15) is 0 Å². The van der Waals surface area contributed by atoms with Gasteiger partial charge < -0.3 is 9.47 Å². The molecule has 5 rings (SSSR count). The molecule has 0 fully saturated rings. The standard InChI is InChI=1S/C38H39N3O6S/c1-4-5-6-7-8-35-39-38(40-41(35)25-27-9-13-29(14-10-27)31-17-21-33(22-18-31)36(42)46-2)48(44,45)26-28-11-15-30(16-12-28)32-19-23-34(24-20-32)37(43)47-3/h9-24H,4-8,25-26H2,1-3H3. The van der Waals surface area contributed by atoms with Crippen LogP contribution in [-0.2, 0) is 38.0 Å². The van der Waals surface area contributed by atoms with Crippen LogP contribution < -0.4 is 0 Å². The topological polar surface area (TPSA) is 117 Å². The predicted molar refractivity (Wildman–Crippen MR) is 184 cm³/mol. The first-order chi connectivity index (χ1) is 23.2. The number of benzene rings is 4. The van der Waals surface area contributed by atoms with Crippen molar-refractivity contribution in [2.75, 3.05) is 14.2 Å². The average molecular weight is 666 g/mol. The number of carbonyl (C=O) groups excluding carboxylic acids is 2. The second kappa shape index (κ2) is 15.7. The number of hydrogen-bond donors (Lipinski definition) is 0. The molecule has 0 aliphatic heterocycles. The van der Waals surface area contributed by atoms with E-state index in [4.69, 9.17) is 9.47 Å². The molecular formula is C38H39N3O6S. The van der Waals surface area contributed by atoms with Gasteiger partial charge >= 0.3 is 11.9 Å². The molecule has 4 aromatic carbocycles. The summed E-state index contributed by atoms with van der Waals surface area (Å²) in [5, 5.41) is 4.35. The average Bonchev–Trinajstić information content (AvgIpc) is 3.53. The number of hydrogen-bond acceptors (Lipinski definition) is 8. The minimum atomic E-state index is -3.82. The molecule has 248 valence electrons. The van der Waals surface area contributed by atoms with Gasteiger partial charge in [-0.25, -0.2) is 27.7 Å². The van der Waals surface area contributed by atoms with Crippen LogP contribution in [0.2, 0.25) is 0 Å². The van der Waals surface area contributed by atoms with E-state index in [0.29, 0.717) is 35.5 Å². The van der Waals surface area contributed by atoms with E-state index in [1.807, 2.05) is 60.7 Å². The zero-order chi connectivity index (χ0) is 34.1. The van der Waals surface area contributed by atoms with Gasteiger partial charge in [0.25, 0.3) is 5.16 Å². The summed E-state index contributed by atoms with van der Waals surface area (Å²) in [5.74, 6) is -0.355. The van der Waals surface area contributed by atoms with Gasteiger partial charge in [0.15, 0.2) is 0 Å². The molecule has 0 bridgehead atoms. The van der Waals surface area contributed by atoms with Gasteiger partial charge in [0.2, 0.25) is 9.84 Å². The summed E-state index contributed by atoms with van der Waals surface area (Å²) >= 11 is 0. The Bertz CT molecular complexity index is 1950. The Morgan fingerprint density at radius 2 is 1.10 bits per heavy atom. The van der Waals surface area contributed by atoms with Crippen molar-refractivity contribution < 1.29 is 27.5 Å². The molecule has 0 aliphatic carbocycles. The maximum atomic E-state index is 13.6. The van der Waals surface area contributed by atoms with Crippen LogP contribution in [0.1, 0.15) is 70.3 Å². The van der Waals surface area contributed by atoms with Gasteiger partial charge in [-0.05, 0) is 64.1 Å². The van der Waals surface area contributed by atoms with Gasteiger partial charge in [-0.1, -0.05) is 99.0 Å². The summed E-state index contributed by atoms with van der Waals surface area (Å²) < 4.78 is 38.4. The predicted octanol–water partition coefficient (Wildman–Crippen LogP) is 7.33. The number of methoxy groups -OCH3 is 2. The number of sulfone groups is 1. The first-order valence-corrected chi connectivity index (χ1v) is 17.6. The number of aromatic nitrogens is 3. The van der Waals surface area contributed by atoms with Crippen molar-refractivity contribution in [2.24, 2.45) is 0 Å². The number of unbranched alkanes of at least 4 members (excludes halogenated alkanes) is 3. The first kappa shape index (κ1) is 34.3. The molecule has 1 aromatic heterocycles. The zero-order valence-electron chi connectivity index (χ0n) is 27.4. The number of nitrogens with zero attached hydrogens (tertiary/aromatic N) is 3. The summed E-state index contributed by atoms with van der Waals surface area (Å²) in [6, 6.07) is 29.5. The molecular weight excluding hydrogens is 627 g/mol. The Kier molecular flexibility index (Phi) is 11.2.